The highest BCUT2D eigenvalue weighted by molar-refractivity contribution is 5.82. The minimum Gasteiger partial charge on any atom is -0.347 e. The van der Waals surface area contributed by atoms with Gasteiger partial charge in [0.25, 0.3) is 0 Å². The van der Waals surface area contributed by atoms with Crippen LogP contribution in [0.15, 0.2) is 24.5 Å². The van der Waals surface area contributed by atoms with Gasteiger partial charge in [0.15, 0.2) is 5.82 Å². The number of amides is 1. The van der Waals surface area contributed by atoms with Crippen LogP contribution in [0, 0.1) is 12.3 Å². The van der Waals surface area contributed by atoms with E-state index >= 15 is 0 Å². The third kappa shape index (κ3) is 3.55. The van der Waals surface area contributed by atoms with Crippen molar-refractivity contribution >= 4 is 5.91 Å². The molecule has 7 nitrogen and oxygen atoms in total. The van der Waals surface area contributed by atoms with Crippen molar-refractivity contribution < 1.29 is 4.79 Å². The lowest BCUT2D eigenvalue weighted by Gasteiger charge is -2.20. The van der Waals surface area contributed by atoms with Crippen molar-refractivity contribution in [2.75, 3.05) is 13.1 Å². The van der Waals surface area contributed by atoms with Crippen LogP contribution in [0.4, 0.5) is 0 Å². The first-order valence-electron chi connectivity index (χ1n) is 7.55. The molecule has 2 aromatic rings. The minimum absolute atomic E-state index is 0.0166. The number of hydrogen-bond acceptors (Lipinski definition) is 5. The average Bonchev–Trinajstić information content (AvgIpc) is 3.23. The van der Waals surface area contributed by atoms with Gasteiger partial charge in [0.2, 0.25) is 5.91 Å². The van der Waals surface area contributed by atoms with Crippen LogP contribution in [-0.4, -0.2) is 50.1 Å². The molecule has 1 atom stereocenters. The van der Waals surface area contributed by atoms with E-state index in [2.05, 4.69) is 31.4 Å². The predicted molar refractivity (Wildman–Crippen MR) is 84.9 cm³/mol. The molecule has 2 N–H and O–H groups in total. The molecule has 3 heterocycles. The maximum atomic E-state index is 12.3. The van der Waals surface area contributed by atoms with Crippen LogP contribution in [0.25, 0.3) is 11.4 Å². The Kier molecular flexibility index (Phi) is 4.64. The highest BCUT2D eigenvalue weighted by Gasteiger charge is 2.29. The van der Waals surface area contributed by atoms with E-state index in [1.807, 2.05) is 17.0 Å². The van der Waals surface area contributed by atoms with Crippen molar-refractivity contribution in [3.05, 3.63) is 30.4 Å². The van der Waals surface area contributed by atoms with Crippen molar-refractivity contribution in [2.24, 2.45) is 0 Å². The molecule has 1 saturated heterocycles. The number of nitrogens with zero attached hydrogens (tertiary/aromatic N) is 4. The number of carbonyl (C=O) groups excluding carboxylic acids is 1. The molecule has 3 rings (SSSR count). The Labute approximate surface area is 134 Å². The summed E-state index contributed by atoms with van der Waals surface area (Å²) in [6, 6.07) is 3.56. The number of rotatable bonds is 5. The van der Waals surface area contributed by atoms with E-state index in [4.69, 9.17) is 6.42 Å². The van der Waals surface area contributed by atoms with Crippen molar-refractivity contribution in [1.82, 2.24) is 30.4 Å². The van der Waals surface area contributed by atoms with E-state index in [0.29, 0.717) is 24.7 Å². The zero-order valence-electron chi connectivity index (χ0n) is 12.7. The summed E-state index contributed by atoms with van der Waals surface area (Å²) in [6.07, 6.45) is 10.6. The number of terminal acetylenes is 1. The van der Waals surface area contributed by atoms with E-state index in [1.54, 1.807) is 12.4 Å². The van der Waals surface area contributed by atoms with Gasteiger partial charge >= 0.3 is 0 Å². The molecule has 0 aliphatic carbocycles. The Morgan fingerprint density at radius 1 is 1.57 bits per heavy atom. The lowest BCUT2D eigenvalue weighted by Crippen LogP contribution is -2.43. The molecule has 0 saturated carbocycles. The van der Waals surface area contributed by atoms with Crippen molar-refractivity contribution in [3.8, 4) is 23.7 Å². The molecule has 1 amide bonds. The second-order valence-electron chi connectivity index (χ2n) is 5.40. The third-order valence-corrected chi connectivity index (χ3v) is 3.84. The zero-order valence-corrected chi connectivity index (χ0v) is 12.7. The van der Waals surface area contributed by atoms with Gasteiger partial charge in [-0.05, 0) is 31.5 Å². The monoisotopic (exact) mass is 310 g/mol. The maximum absolute atomic E-state index is 12.3. The minimum atomic E-state index is -0.147. The van der Waals surface area contributed by atoms with Crippen molar-refractivity contribution in [1.29, 1.82) is 0 Å². The van der Waals surface area contributed by atoms with Crippen LogP contribution in [-0.2, 0) is 11.3 Å². The maximum Gasteiger partial charge on any atom is 0.237 e. The smallest absolute Gasteiger partial charge is 0.237 e. The van der Waals surface area contributed by atoms with Gasteiger partial charge in [0.05, 0.1) is 19.1 Å². The van der Waals surface area contributed by atoms with Crippen LogP contribution >= 0.6 is 0 Å². The fraction of sp³-hybridized carbons (Fsp3) is 0.375. The van der Waals surface area contributed by atoms with Crippen LogP contribution in [0.3, 0.4) is 0 Å². The Hall–Kier alpha value is -2.72. The lowest BCUT2D eigenvalue weighted by atomic mass is 10.2. The number of aromatic nitrogens is 4. The first kappa shape index (κ1) is 15.2. The number of pyridine rings is 1. The highest BCUT2D eigenvalue weighted by Crippen LogP contribution is 2.17. The normalized spacial score (nSPS) is 17.8. The summed E-state index contributed by atoms with van der Waals surface area (Å²) in [7, 11) is 0. The molecule has 0 radical (unpaired) electrons. The van der Waals surface area contributed by atoms with Gasteiger partial charge in [-0.25, -0.2) is 4.98 Å². The van der Waals surface area contributed by atoms with Gasteiger partial charge in [-0.3, -0.25) is 19.8 Å². The van der Waals surface area contributed by atoms with Crippen LogP contribution in [0.2, 0.25) is 0 Å². The van der Waals surface area contributed by atoms with Crippen LogP contribution in [0.5, 0.6) is 0 Å². The van der Waals surface area contributed by atoms with Crippen molar-refractivity contribution in [2.45, 2.75) is 25.4 Å². The molecule has 1 fully saturated rings. The Morgan fingerprint density at radius 3 is 3.26 bits per heavy atom. The van der Waals surface area contributed by atoms with E-state index < -0.39 is 0 Å². The second-order valence-corrected chi connectivity index (χ2v) is 5.40. The van der Waals surface area contributed by atoms with Gasteiger partial charge in [0, 0.05) is 18.0 Å². The van der Waals surface area contributed by atoms with Gasteiger partial charge in [-0.2, -0.15) is 5.10 Å². The molecule has 1 aliphatic heterocycles. The summed E-state index contributed by atoms with van der Waals surface area (Å²) in [4.78, 5) is 22.7. The zero-order chi connectivity index (χ0) is 16.1. The molecule has 23 heavy (non-hydrogen) atoms. The molecular formula is C16H18N6O. The lowest BCUT2D eigenvalue weighted by molar-refractivity contribution is -0.125. The highest BCUT2D eigenvalue weighted by atomic mass is 16.2. The summed E-state index contributed by atoms with van der Waals surface area (Å²) in [5.74, 6) is 3.76. The summed E-state index contributed by atoms with van der Waals surface area (Å²) in [5.41, 5.74) is 0.831. The summed E-state index contributed by atoms with van der Waals surface area (Å²) >= 11 is 0. The first-order chi connectivity index (χ1) is 11.3. The molecular weight excluding hydrogens is 292 g/mol. The molecule has 1 aliphatic rings. The SMILES string of the molecule is C#CCN1CCC[C@H]1C(=O)NCc1nc(-c2cccnc2)n[nH]1. The van der Waals surface area contributed by atoms with E-state index in [0.717, 1.165) is 24.9 Å². The standard InChI is InChI=1S/C16H18N6O/c1-2-8-22-9-4-6-13(22)16(23)18-11-14-19-15(21-20-14)12-5-3-7-17-10-12/h1,3,5,7,10,13H,4,6,8-9,11H2,(H,18,23)(H,19,20,21)/t13-/m0/s1. The number of aromatic amines is 1. The number of likely N-dealkylation sites (tertiary alicyclic amines) is 1. The summed E-state index contributed by atoms with van der Waals surface area (Å²) < 4.78 is 0. The average molecular weight is 310 g/mol. The Morgan fingerprint density at radius 2 is 2.48 bits per heavy atom. The number of hydrogen-bond donors (Lipinski definition) is 2. The van der Waals surface area contributed by atoms with Gasteiger partial charge < -0.3 is 5.32 Å². The molecule has 0 spiro atoms. The summed E-state index contributed by atoms with van der Waals surface area (Å²) in [5, 5.41) is 9.87. The molecule has 0 aromatic carbocycles. The molecule has 7 heteroatoms. The van der Waals surface area contributed by atoms with Crippen LogP contribution < -0.4 is 5.32 Å². The van der Waals surface area contributed by atoms with E-state index in [1.165, 1.54) is 0 Å². The Balaban J connectivity index is 1.58. The molecule has 2 aromatic heterocycles. The number of H-pyrrole nitrogens is 1. The first-order valence-corrected chi connectivity index (χ1v) is 7.55. The second kappa shape index (κ2) is 7.03. The fourth-order valence-corrected chi connectivity index (χ4v) is 2.72. The number of carbonyl (C=O) groups is 1. The van der Waals surface area contributed by atoms with Gasteiger partial charge in [-0.1, -0.05) is 5.92 Å². The van der Waals surface area contributed by atoms with E-state index in [-0.39, 0.29) is 11.9 Å². The van der Waals surface area contributed by atoms with E-state index in [9.17, 15) is 4.79 Å². The molecule has 118 valence electrons. The molecule has 0 unspecified atom stereocenters. The topological polar surface area (TPSA) is 86.8 Å². The number of nitrogens with one attached hydrogen (secondary N) is 2. The van der Waals surface area contributed by atoms with Gasteiger partial charge in [0.1, 0.15) is 5.82 Å². The van der Waals surface area contributed by atoms with Gasteiger partial charge in [-0.15, -0.1) is 6.42 Å². The Bertz CT molecular complexity index is 705. The largest absolute Gasteiger partial charge is 0.347 e. The fourth-order valence-electron chi connectivity index (χ4n) is 2.72. The molecule has 0 bridgehead atoms. The predicted octanol–water partition coefficient (Wildman–Crippen LogP) is 0.580. The third-order valence-electron chi connectivity index (χ3n) is 3.84. The summed E-state index contributed by atoms with van der Waals surface area (Å²) in [6.45, 7) is 1.69. The quantitative estimate of drug-likeness (QED) is 0.789. The van der Waals surface area contributed by atoms with Crippen molar-refractivity contribution in [3.63, 3.8) is 0 Å². The van der Waals surface area contributed by atoms with Crippen LogP contribution in [0.1, 0.15) is 18.7 Å².